The van der Waals surface area contributed by atoms with E-state index in [1.54, 1.807) is 0 Å². The van der Waals surface area contributed by atoms with Gasteiger partial charge in [0.2, 0.25) is 0 Å². The van der Waals surface area contributed by atoms with Gasteiger partial charge in [0.25, 0.3) is 5.91 Å². The minimum Gasteiger partial charge on any atom is -0.383 e. The van der Waals surface area contributed by atoms with E-state index >= 15 is 0 Å². The molecular weight excluding hydrogens is 242 g/mol. The Morgan fingerprint density at radius 1 is 1.37 bits per heavy atom. The number of carbonyl (C=O) groups is 1. The monoisotopic (exact) mass is 257 g/mol. The summed E-state index contributed by atoms with van der Waals surface area (Å²) in [5, 5.41) is 4.59. The Bertz CT molecular complexity index is 621. The molecule has 0 radical (unpaired) electrons. The summed E-state index contributed by atoms with van der Waals surface area (Å²) in [6.07, 6.45) is 2.38. The van der Waals surface area contributed by atoms with E-state index in [1.165, 1.54) is 6.20 Å². The highest BCUT2D eigenvalue weighted by molar-refractivity contribution is 6.09. The van der Waals surface area contributed by atoms with Gasteiger partial charge in [0.05, 0.1) is 18.2 Å². The number of nitrogens with zero attached hydrogens (tertiary/aromatic N) is 1. The van der Waals surface area contributed by atoms with Crippen LogP contribution in [0.4, 0.5) is 5.82 Å². The molecule has 1 unspecified atom stereocenters. The van der Waals surface area contributed by atoms with Crippen LogP contribution < -0.4 is 11.1 Å². The Kier molecular flexibility index (Phi) is 3.05. The molecule has 5 nitrogen and oxygen atoms in total. The zero-order chi connectivity index (χ0) is 13.2. The average molecular weight is 257 g/mol. The molecule has 2 heterocycles. The van der Waals surface area contributed by atoms with Crippen molar-refractivity contribution < 1.29 is 9.53 Å². The first kappa shape index (κ1) is 11.9. The third kappa shape index (κ3) is 2.24. The zero-order valence-corrected chi connectivity index (χ0v) is 10.4. The molecule has 1 saturated heterocycles. The van der Waals surface area contributed by atoms with Crippen LogP contribution >= 0.6 is 0 Å². The molecule has 1 aromatic carbocycles. The van der Waals surface area contributed by atoms with E-state index in [0.29, 0.717) is 24.6 Å². The minimum absolute atomic E-state index is 0.0869. The molecule has 5 heteroatoms. The second-order valence-electron chi connectivity index (χ2n) is 4.64. The molecule has 1 amide bonds. The number of amides is 1. The number of rotatable bonds is 2. The Balaban J connectivity index is 1.95. The normalized spacial score (nSPS) is 18.6. The zero-order valence-electron chi connectivity index (χ0n) is 10.4. The van der Waals surface area contributed by atoms with Crippen molar-refractivity contribution in [3.05, 3.63) is 36.0 Å². The van der Waals surface area contributed by atoms with E-state index < -0.39 is 0 Å². The van der Waals surface area contributed by atoms with Crippen LogP contribution in [0.1, 0.15) is 16.8 Å². The number of ether oxygens (including phenoxy) is 1. The highest BCUT2D eigenvalue weighted by atomic mass is 16.5. The molecule has 0 aliphatic carbocycles. The van der Waals surface area contributed by atoms with Crippen LogP contribution in [-0.4, -0.2) is 30.1 Å². The summed E-state index contributed by atoms with van der Waals surface area (Å²) >= 11 is 0. The van der Waals surface area contributed by atoms with Gasteiger partial charge in [-0.15, -0.1) is 0 Å². The van der Waals surface area contributed by atoms with Crippen molar-refractivity contribution in [2.45, 2.75) is 12.5 Å². The van der Waals surface area contributed by atoms with Gasteiger partial charge in [0.15, 0.2) is 0 Å². The second kappa shape index (κ2) is 4.85. The number of fused-ring (bicyclic) bond motifs is 1. The maximum Gasteiger partial charge on any atom is 0.253 e. The number of nitrogen functional groups attached to an aromatic ring is 1. The first-order valence-corrected chi connectivity index (χ1v) is 6.27. The van der Waals surface area contributed by atoms with Gasteiger partial charge in [-0.05, 0) is 11.8 Å². The molecule has 3 N–H and O–H groups in total. The van der Waals surface area contributed by atoms with Crippen molar-refractivity contribution >= 4 is 22.5 Å². The van der Waals surface area contributed by atoms with Crippen molar-refractivity contribution in [2.24, 2.45) is 0 Å². The lowest BCUT2D eigenvalue weighted by Gasteiger charge is -2.12. The second-order valence-corrected chi connectivity index (χ2v) is 4.64. The summed E-state index contributed by atoms with van der Waals surface area (Å²) in [5.41, 5.74) is 6.38. The fraction of sp³-hybridized carbons (Fsp3) is 0.286. The molecule has 1 aliphatic rings. The average Bonchev–Trinajstić information content (AvgIpc) is 2.92. The molecule has 1 fully saturated rings. The molecular formula is C14H15N3O2. The lowest BCUT2D eigenvalue weighted by molar-refractivity contribution is 0.0931. The molecule has 0 bridgehead atoms. The van der Waals surface area contributed by atoms with Gasteiger partial charge in [-0.3, -0.25) is 4.79 Å². The Morgan fingerprint density at radius 3 is 2.89 bits per heavy atom. The third-order valence-corrected chi connectivity index (χ3v) is 3.34. The summed E-state index contributed by atoms with van der Waals surface area (Å²) in [4.78, 5) is 16.4. The topological polar surface area (TPSA) is 77.2 Å². The van der Waals surface area contributed by atoms with Gasteiger partial charge < -0.3 is 15.8 Å². The first-order valence-electron chi connectivity index (χ1n) is 6.27. The summed E-state index contributed by atoms with van der Waals surface area (Å²) in [6.45, 7) is 1.28. The molecule has 0 spiro atoms. The molecule has 1 aliphatic heterocycles. The van der Waals surface area contributed by atoms with E-state index in [1.807, 2.05) is 24.3 Å². The number of nitrogens with two attached hydrogens (primary N) is 1. The molecule has 3 rings (SSSR count). The number of hydrogen-bond donors (Lipinski definition) is 2. The number of carbonyl (C=O) groups excluding carboxylic acids is 1. The quantitative estimate of drug-likeness (QED) is 0.851. The van der Waals surface area contributed by atoms with Crippen LogP contribution in [0.5, 0.6) is 0 Å². The third-order valence-electron chi connectivity index (χ3n) is 3.34. The highest BCUT2D eigenvalue weighted by Gasteiger charge is 2.20. The summed E-state index contributed by atoms with van der Waals surface area (Å²) < 4.78 is 5.25. The van der Waals surface area contributed by atoms with Crippen LogP contribution in [0.25, 0.3) is 10.8 Å². The van der Waals surface area contributed by atoms with Gasteiger partial charge in [0, 0.05) is 18.2 Å². The van der Waals surface area contributed by atoms with Crippen LogP contribution in [0.2, 0.25) is 0 Å². The van der Waals surface area contributed by atoms with E-state index in [-0.39, 0.29) is 11.9 Å². The molecule has 0 saturated carbocycles. The molecule has 19 heavy (non-hydrogen) atoms. The molecule has 1 aromatic heterocycles. The van der Waals surface area contributed by atoms with Crippen molar-refractivity contribution in [3.8, 4) is 0 Å². The number of aromatic nitrogens is 1. The number of anilines is 1. The van der Waals surface area contributed by atoms with Crippen LogP contribution in [0, 0.1) is 0 Å². The predicted octanol–water partition coefficient (Wildman–Crippen LogP) is 1.34. The standard InChI is InChI=1S/C14H15N3O2/c15-13-11-4-2-1-3-10(11)12(7-16-13)14(18)17-9-5-6-19-8-9/h1-4,7,9H,5-6,8H2,(H2,15,16)(H,17,18). The maximum absolute atomic E-state index is 12.3. The van der Waals surface area contributed by atoms with Crippen molar-refractivity contribution in [1.82, 2.24) is 10.3 Å². The van der Waals surface area contributed by atoms with Gasteiger partial charge >= 0.3 is 0 Å². The SMILES string of the molecule is Nc1ncc(C(=O)NC2CCOC2)c2ccccc12. The highest BCUT2D eigenvalue weighted by Crippen LogP contribution is 2.22. The Labute approximate surface area is 110 Å². The predicted molar refractivity (Wildman–Crippen MR) is 72.8 cm³/mol. The van der Waals surface area contributed by atoms with E-state index in [2.05, 4.69) is 10.3 Å². The summed E-state index contributed by atoms with van der Waals surface area (Å²) in [6, 6.07) is 7.61. The number of benzene rings is 1. The van der Waals surface area contributed by atoms with Crippen LogP contribution in [-0.2, 0) is 4.74 Å². The van der Waals surface area contributed by atoms with Crippen molar-refractivity contribution in [1.29, 1.82) is 0 Å². The Morgan fingerprint density at radius 2 is 2.16 bits per heavy atom. The largest absolute Gasteiger partial charge is 0.383 e. The van der Waals surface area contributed by atoms with Gasteiger partial charge in [-0.25, -0.2) is 4.98 Å². The Hall–Kier alpha value is -2.14. The number of nitrogens with one attached hydrogen (secondary N) is 1. The fourth-order valence-corrected chi connectivity index (χ4v) is 2.31. The minimum atomic E-state index is -0.126. The van der Waals surface area contributed by atoms with Crippen molar-refractivity contribution in [2.75, 3.05) is 18.9 Å². The van der Waals surface area contributed by atoms with Crippen molar-refractivity contribution in [3.63, 3.8) is 0 Å². The van der Waals surface area contributed by atoms with Crippen LogP contribution in [0.3, 0.4) is 0 Å². The lowest BCUT2D eigenvalue weighted by atomic mass is 10.1. The fourth-order valence-electron chi connectivity index (χ4n) is 2.31. The number of hydrogen-bond acceptors (Lipinski definition) is 4. The number of pyridine rings is 1. The van der Waals surface area contributed by atoms with E-state index in [9.17, 15) is 4.79 Å². The van der Waals surface area contributed by atoms with Gasteiger partial charge in [0.1, 0.15) is 5.82 Å². The van der Waals surface area contributed by atoms with E-state index in [0.717, 1.165) is 17.2 Å². The summed E-state index contributed by atoms with van der Waals surface area (Å²) in [7, 11) is 0. The van der Waals surface area contributed by atoms with E-state index in [4.69, 9.17) is 10.5 Å². The first-order chi connectivity index (χ1) is 9.25. The van der Waals surface area contributed by atoms with Gasteiger partial charge in [-0.2, -0.15) is 0 Å². The maximum atomic E-state index is 12.3. The summed E-state index contributed by atoms with van der Waals surface area (Å²) in [5.74, 6) is 0.315. The lowest BCUT2D eigenvalue weighted by Crippen LogP contribution is -2.35. The smallest absolute Gasteiger partial charge is 0.253 e. The molecule has 2 aromatic rings. The molecule has 98 valence electrons. The molecule has 1 atom stereocenters. The van der Waals surface area contributed by atoms with Gasteiger partial charge in [-0.1, -0.05) is 24.3 Å². The van der Waals surface area contributed by atoms with Crippen LogP contribution in [0.15, 0.2) is 30.5 Å².